The monoisotopic (exact) mass is 353 g/mol. The molecular weight excluding hydrogens is 334 g/mol. The normalized spacial score (nSPS) is 18.8. The number of hydrogen-bond donors (Lipinski definition) is 1. The maximum atomic E-state index is 12.4. The number of nitrogens with one attached hydrogen (secondary N) is 1. The molecule has 8 heteroatoms. The van der Waals surface area contributed by atoms with Crippen molar-refractivity contribution in [1.82, 2.24) is 19.8 Å². The zero-order chi connectivity index (χ0) is 17.9. The highest BCUT2D eigenvalue weighted by Crippen LogP contribution is 2.33. The SMILES string of the molecule is CN1C(=O)/C(=C/c2ccc3c(c2)OCO3)NC1=NCCCn1ccnc1. The van der Waals surface area contributed by atoms with E-state index < -0.39 is 0 Å². The first-order valence-corrected chi connectivity index (χ1v) is 8.37. The van der Waals surface area contributed by atoms with Gasteiger partial charge in [-0.1, -0.05) is 6.07 Å². The van der Waals surface area contributed by atoms with Gasteiger partial charge in [-0.15, -0.1) is 0 Å². The van der Waals surface area contributed by atoms with Crippen LogP contribution >= 0.6 is 0 Å². The fraction of sp³-hybridized carbons (Fsp3) is 0.278. The molecule has 8 nitrogen and oxygen atoms in total. The number of likely N-dealkylation sites (N-methyl/N-ethyl adjacent to an activating group) is 1. The summed E-state index contributed by atoms with van der Waals surface area (Å²) in [4.78, 5) is 22.4. The van der Waals surface area contributed by atoms with Crippen molar-refractivity contribution in [2.24, 2.45) is 4.99 Å². The van der Waals surface area contributed by atoms with Gasteiger partial charge in [0.1, 0.15) is 5.70 Å². The smallest absolute Gasteiger partial charge is 0.276 e. The van der Waals surface area contributed by atoms with E-state index in [1.165, 1.54) is 4.90 Å². The van der Waals surface area contributed by atoms with E-state index in [0.29, 0.717) is 24.0 Å². The second-order valence-corrected chi connectivity index (χ2v) is 6.02. The lowest BCUT2D eigenvalue weighted by Crippen LogP contribution is -2.28. The molecule has 0 spiro atoms. The van der Waals surface area contributed by atoms with Crippen LogP contribution in [0.15, 0.2) is 47.6 Å². The van der Waals surface area contributed by atoms with Crippen LogP contribution in [0.2, 0.25) is 0 Å². The molecule has 4 rings (SSSR count). The lowest BCUT2D eigenvalue weighted by molar-refractivity contribution is -0.121. The Bertz CT molecular complexity index is 873. The predicted molar refractivity (Wildman–Crippen MR) is 95.6 cm³/mol. The summed E-state index contributed by atoms with van der Waals surface area (Å²) in [6.45, 7) is 1.69. The van der Waals surface area contributed by atoms with Gasteiger partial charge in [0.15, 0.2) is 11.5 Å². The first kappa shape index (κ1) is 16.2. The number of aryl methyl sites for hydroxylation is 1. The minimum Gasteiger partial charge on any atom is -0.454 e. The Kier molecular flexibility index (Phi) is 4.30. The number of carbonyl (C=O) groups is 1. The van der Waals surface area contributed by atoms with Crippen LogP contribution in [0, 0.1) is 0 Å². The number of carbonyl (C=O) groups excluding carboxylic acids is 1. The number of hydrogen-bond acceptors (Lipinski definition) is 5. The average Bonchev–Trinajstić information content (AvgIpc) is 3.37. The molecule has 134 valence electrons. The van der Waals surface area contributed by atoms with E-state index in [9.17, 15) is 4.79 Å². The second kappa shape index (κ2) is 6.91. The molecule has 0 atom stereocenters. The number of nitrogens with zero attached hydrogens (tertiary/aromatic N) is 4. The summed E-state index contributed by atoms with van der Waals surface area (Å²) in [5.74, 6) is 1.85. The Balaban J connectivity index is 1.42. The Morgan fingerprint density at radius 1 is 1.35 bits per heavy atom. The molecule has 0 saturated carbocycles. The number of guanidine groups is 1. The van der Waals surface area contributed by atoms with Crippen LogP contribution in [0.4, 0.5) is 0 Å². The molecule has 1 amide bonds. The molecule has 3 heterocycles. The second-order valence-electron chi connectivity index (χ2n) is 6.02. The molecule has 2 aromatic rings. The van der Waals surface area contributed by atoms with Crippen molar-refractivity contribution in [3.63, 3.8) is 0 Å². The summed E-state index contributed by atoms with van der Waals surface area (Å²) in [6.07, 6.45) is 8.11. The third kappa shape index (κ3) is 3.26. The predicted octanol–water partition coefficient (Wildman–Crippen LogP) is 1.46. The summed E-state index contributed by atoms with van der Waals surface area (Å²) in [7, 11) is 1.71. The van der Waals surface area contributed by atoms with Gasteiger partial charge in [-0.05, 0) is 30.2 Å². The average molecular weight is 353 g/mol. The Labute approximate surface area is 150 Å². The van der Waals surface area contributed by atoms with Gasteiger partial charge in [0.2, 0.25) is 12.8 Å². The van der Waals surface area contributed by atoms with Gasteiger partial charge >= 0.3 is 0 Å². The van der Waals surface area contributed by atoms with Crippen LogP contribution in [0.1, 0.15) is 12.0 Å². The van der Waals surface area contributed by atoms with Crippen LogP contribution in [-0.4, -0.2) is 46.7 Å². The number of aromatic nitrogens is 2. The third-order valence-electron chi connectivity index (χ3n) is 4.20. The number of amides is 1. The van der Waals surface area contributed by atoms with Crippen molar-refractivity contribution in [3.05, 3.63) is 48.2 Å². The zero-order valence-corrected chi connectivity index (χ0v) is 14.4. The van der Waals surface area contributed by atoms with E-state index in [4.69, 9.17) is 9.47 Å². The van der Waals surface area contributed by atoms with E-state index in [1.54, 1.807) is 25.6 Å². The maximum absolute atomic E-state index is 12.4. The summed E-state index contributed by atoms with van der Waals surface area (Å²) in [6, 6.07) is 5.57. The molecule has 0 aliphatic carbocycles. The van der Waals surface area contributed by atoms with Gasteiger partial charge in [-0.2, -0.15) is 0 Å². The molecule has 0 radical (unpaired) electrons. The molecular formula is C18H19N5O3. The summed E-state index contributed by atoms with van der Waals surface area (Å²) in [5.41, 5.74) is 1.35. The van der Waals surface area contributed by atoms with Gasteiger partial charge in [0.05, 0.1) is 6.33 Å². The maximum Gasteiger partial charge on any atom is 0.276 e. The summed E-state index contributed by atoms with van der Waals surface area (Å²) < 4.78 is 12.7. The van der Waals surface area contributed by atoms with Crippen LogP contribution < -0.4 is 14.8 Å². The summed E-state index contributed by atoms with van der Waals surface area (Å²) in [5, 5.41) is 3.10. The highest BCUT2D eigenvalue weighted by Gasteiger charge is 2.28. The lowest BCUT2D eigenvalue weighted by Gasteiger charge is -2.07. The van der Waals surface area contributed by atoms with Crippen molar-refractivity contribution < 1.29 is 14.3 Å². The van der Waals surface area contributed by atoms with Crippen molar-refractivity contribution in [2.75, 3.05) is 20.4 Å². The number of ether oxygens (including phenoxy) is 2. The molecule has 2 aliphatic rings. The molecule has 1 aromatic heterocycles. The highest BCUT2D eigenvalue weighted by molar-refractivity contribution is 6.15. The zero-order valence-electron chi connectivity index (χ0n) is 14.4. The number of imidazole rings is 1. The van der Waals surface area contributed by atoms with Crippen LogP contribution in [0.5, 0.6) is 11.5 Å². The topological polar surface area (TPSA) is 81.0 Å². The van der Waals surface area contributed by atoms with Gasteiger partial charge in [-0.3, -0.25) is 14.7 Å². The molecule has 2 aliphatic heterocycles. The van der Waals surface area contributed by atoms with Crippen LogP contribution in [0.25, 0.3) is 6.08 Å². The van der Waals surface area contributed by atoms with E-state index in [0.717, 1.165) is 24.3 Å². The first-order valence-electron chi connectivity index (χ1n) is 8.37. The molecule has 0 unspecified atom stereocenters. The largest absolute Gasteiger partial charge is 0.454 e. The summed E-state index contributed by atoms with van der Waals surface area (Å²) >= 11 is 0. The number of fused-ring (bicyclic) bond motifs is 1. The van der Waals surface area contributed by atoms with Gasteiger partial charge < -0.3 is 19.4 Å². The fourth-order valence-electron chi connectivity index (χ4n) is 2.80. The molecule has 26 heavy (non-hydrogen) atoms. The lowest BCUT2D eigenvalue weighted by atomic mass is 10.1. The molecule has 0 bridgehead atoms. The van der Waals surface area contributed by atoms with Crippen LogP contribution in [-0.2, 0) is 11.3 Å². The van der Waals surface area contributed by atoms with Crippen molar-refractivity contribution >= 4 is 17.9 Å². The standard InChI is InChI=1S/C18H19N5O3/c1-22-17(24)14(9-13-3-4-15-16(10-13)26-12-25-15)21-18(22)20-5-2-7-23-8-6-19-11-23/h3-4,6,8-11H,2,5,7,12H2,1H3,(H,20,21)/b14-9-. The number of aliphatic imine (C=N–C) groups is 1. The fourth-order valence-corrected chi connectivity index (χ4v) is 2.80. The first-order chi connectivity index (χ1) is 12.7. The minimum absolute atomic E-state index is 0.115. The van der Waals surface area contributed by atoms with Crippen molar-refractivity contribution in [3.8, 4) is 11.5 Å². The molecule has 1 saturated heterocycles. The quantitative estimate of drug-likeness (QED) is 0.650. The Morgan fingerprint density at radius 2 is 2.23 bits per heavy atom. The van der Waals surface area contributed by atoms with E-state index >= 15 is 0 Å². The third-order valence-corrected chi connectivity index (χ3v) is 4.20. The Hall–Kier alpha value is -3.29. The van der Waals surface area contributed by atoms with Gasteiger partial charge in [0.25, 0.3) is 5.91 Å². The van der Waals surface area contributed by atoms with Gasteiger partial charge in [-0.25, -0.2) is 4.98 Å². The molecule has 1 fully saturated rings. The number of benzene rings is 1. The van der Waals surface area contributed by atoms with Crippen molar-refractivity contribution in [1.29, 1.82) is 0 Å². The Morgan fingerprint density at radius 3 is 3.08 bits per heavy atom. The molecule has 1 aromatic carbocycles. The van der Waals surface area contributed by atoms with Crippen LogP contribution in [0.3, 0.4) is 0 Å². The highest BCUT2D eigenvalue weighted by atomic mass is 16.7. The van der Waals surface area contributed by atoms with E-state index in [2.05, 4.69) is 15.3 Å². The molecule has 1 N–H and O–H groups in total. The van der Waals surface area contributed by atoms with Crippen molar-refractivity contribution in [2.45, 2.75) is 13.0 Å². The van der Waals surface area contributed by atoms with E-state index in [-0.39, 0.29) is 12.7 Å². The minimum atomic E-state index is -0.115. The van der Waals surface area contributed by atoms with Gasteiger partial charge in [0, 0.05) is 32.5 Å². The van der Waals surface area contributed by atoms with E-state index in [1.807, 2.05) is 29.0 Å². The number of rotatable bonds is 5.